The molecule has 1 aromatic rings. The first-order chi connectivity index (χ1) is 10.2. The third-order valence-electron chi connectivity index (χ3n) is 2.64. The van der Waals surface area contributed by atoms with Crippen LogP contribution in [0.4, 0.5) is 5.13 Å². The number of anilines is 1. The lowest BCUT2D eigenvalue weighted by Crippen LogP contribution is -2.36. The van der Waals surface area contributed by atoms with Crippen LogP contribution in [0.2, 0.25) is 0 Å². The first-order valence-corrected chi connectivity index (χ1v) is 8.06. The molecule has 1 heterocycles. The zero-order valence-electron chi connectivity index (χ0n) is 12.9. The Kier molecular flexibility index (Phi) is 8.88. The third kappa shape index (κ3) is 6.36. The van der Waals surface area contributed by atoms with Crippen molar-refractivity contribution in [3.05, 3.63) is 5.01 Å². The van der Waals surface area contributed by atoms with Gasteiger partial charge in [-0.1, -0.05) is 11.3 Å². The molecular formula is C13H24N4O3S. The molecule has 0 radical (unpaired) electrons. The second-order valence-electron chi connectivity index (χ2n) is 4.13. The summed E-state index contributed by atoms with van der Waals surface area (Å²) in [5, 5.41) is 12.0. The second kappa shape index (κ2) is 10.5. The zero-order valence-corrected chi connectivity index (χ0v) is 13.7. The van der Waals surface area contributed by atoms with E-state index in [1.807, 2.05) is 20.8 Å². The Hall–Kier alpha value is -1.25. The normalized spacial score (nSPS) is 10.6. The Balaban J connectivity index is 2.62. The van der Waals surface area contributed by atoms with Crippen LogP contribution in [0.1, 0.15) is 30.6 Å². The van der Waals surface area contributed by atoms with E-state index in [-0.39, 0.29) is 5.91 Å². The Morgan fingerprint density at radius 3 is 2.29 bits per heavy atom. The van der Waals surface area contributed by atoms with E-state index in [1.165, 1.54) is 11.3 Å². The van der Waals surface area contributed by atoms with Gasteiger partial charge in [-0.3, -0.25) is 4.79 Å². The highest BCUT2D eigenvalue weighted by Crippen LogP contribution is 2.16. The molecule has 0 saturated heterocycles. The van der Waals surface area contributed by atoms with Gasteiger partial charge in [-0.25, -0.2) is 0 Å². The van der Waals surface area contributed by atoms with E-state index >= 15 is 0 Å². The number of nitrogens with zero attached hydrogens (tertiary/aromatic N) is 3. The summed E-state index contributed by atoms with van der Waals surface area (Å²) < 4.78 is 10.6. The van der Waals surface area contributed by atoms with Gasteiger partial charge < -0.3 is 19.7 Å². The summed E-state index contributed by atoms with van der Waals surface area (Å²) in [6.45, 7) is 9.92. The molecule has 0 unspecified atom stereocenters. The summed E-state index contributed by atoms with van der Waals surface area (Å²) in [6, 6.07) is 0. The molecule has 0 fully saturated rings. The Labute approximate surface area is 129 Å². The van der Waals surface area contributed by atoms with Gasteiger partial charge in [0.05, 0.1) is 13.2 Å². The number of hydrogen-bond acceptors (Lipinski definition) is 7. The molecule has 7 nitrogen and oxygen atoms in total. The van der Waals surface area contributed by atoms with Crippen LogP contribution in [-0.4, -0.2) is 67.1 Å². The summed E-state index contributed by atoms with van der Waals surface area (Å²) in [7, 11) is 0. The van der Waals surface area contributed by atoms with Crippen molar-refractivity contribution in [3.63, 3.8) is 0 Å². The number of amides is 1. The lowest BCUT2D eigenvalue weighted by Gasteiger charge is -2.21. The van der Waals surface area contributed by atoms with Crippen molar-refractivity contribution in [1.29, 1.82) is 0 Å². The molecule has 0 aromatic carbocycles. The van der Waals surface area contributed by atoms with E-state index in [2.05, 4.69) is 15.5 Å². The first kappa shape index (κ1) is 17.8. The highest BCUT2D eigenvalue weighted by atomic mass is 32.1. The molecule has 0 aliphatic heterocycles. The number of nitrogens with one attached hydrogen (secondary N) is 1. The van der Waals surface area contributed by atoms with Crippen LogP contribution in [0.5, 0.6) is 0 Å². The SMILES string of the molecule is CCNc1nnc(C(=O)N(CCOCC)CCOCC)s1. The largest absolute Gasteiger partial charge is 0.380 e. The molecule has 0 saturated carbocycles. The average molecular weight is 316 g/mol. The maximum absolute atomic E-state index is 12.4. The van der Waals surface area contributed by atoms with Crippen LogP contribution in [0.25, 0.3) is 0 Å². The van der Waals surface area contributed by atoms with Gasteiger partial charge in [0.1, 0.15) is 0 Å². The minimum atomic E-state index is -0.129. The van der Waals surface area contributed by atoms with Crippen LogP contribution in [0.3, 0.4) is 0 Å². The molecule has 8 heteroatoms. The van der Waals surface area contributed by atoms with Gasteiger partial charge in [0, 0.05) is 32.8 Å². The van der Waals surface area contributed by atoms with Gasteiger partial charge in [-0.15, -0.1) is 10.2 Å². The van der Waals surface area contributed by atoms with E-state index in [4.69, 9.17) is 9.47 Å². The van der Waals surface area contributed by atoms with Crippen LogP contribution in [-0.2, 0) is 9.47 Å². The van der Waals surface area contributed by atoms with Crippen molar-refractivity contribution in [2.45, 2.75) is 20.8 Å². The molecule has 21 heavy (non-hydrogen) atoms. The second-order valence-corrected chi connectivity index (χ2v) is 5.11. The van der Waals surface area contributed by atoms with Crippen molar-refractivity contribution >= 4 is 22.4 Å². The van der Waals surface area contributed by atoms with Gasteiger partial charge in [0.2, 0.25) is 10.1 Å². The van der Waals surface area contributed by atoms with Gasteiger partial charge in [0.25, 0.3) is 5.91 Å². The fraction of sp³-hybridized carbons (Fsp3) is 0.769. The zero-order chi connectivity index (χ0) is 15.5. The Bertz CT molecular complexity index is 404. The van der Waals surface area contributed by atoms with Crippen LogP contribution < -0.4 is 5.32 Å². The Morgan fingerprint density at radius 1 is 1.14 bits per heavy atom. The third-order valence-corrected chi connectivity index (χ3v) is 3.51. The minimum absolute atomic E-state index is 0.129. The molecule has 1 N–H and O–H groups in total. The molecule has 0 aliphatic rings. The number of carbonyl (C=O) groups is 1. The molecular weight excluding hydrogens is 292 g/mol. The predicted octanol–water partition coefficient (Wildman–Crippen LogP) is 1.49. The summed E-state index contributed by atoms with van der Waals surface area (Å²) in [6.07, 6.45) is 0. The molecule has 0 spiro atoms. The number of carbonyl (C=O) groups excluding carboxylic acids is 1. The average Bonchev–Trinajstić information content (AvgIpc) is 2.94. The van der Waals surface area contributed by atoms with Crippen molar-refractivity contribution in [3.8, 4) is 0 Å². The highest BCUT2D eigenvalue weighted by molar-refractivity contribution is 7.17. The maximum atomic E-state index is 12.4. The van der Waals surface area contributed by atoms with Gasteiger partial charge in [0.15, 0.2) is 0 Å². The van der Waals surface area contributed by atoms with E-state index in [1.54, 1.807) is 4.90 Å². The summed E-state index contributed by atoms with van der Waals surface area (Å²) >= 11 is 1.27. The van der Waals surface area contributed by atoms with Crippen LogP contribution >= 0.6 is 11.3 Å². The fourth-order valence-corrected chi connectivity index (χ4v) is 2.40. The monoisotopic (exact) mass is 316 g/mol. The summed E-state index contributed by atoms with van der Waals surface area (Å²) in [4.78, 5) is 14.1. The molecule has 0 atom stereocenters. The van der Waals surface area contributed by atoms with Crippen LogP contribution in [0.15, 0.2) is 0 Å². The van der Waals surface area contributed by atoms with E-state index in [0.717, 1.165) is 6.54 Å². The number of hydrogen-bond donors (Lipinski definition) is 1. The summed E-state index contributed by atoms with van der Waals surface area (Å²) in [5.41, 5.74) is 0. The van der Waals surface area contributed by atoms with E-state index < -0.39 is 0 Å². The van der Waals surface area contributed by atoms with Gasteiger partial charge in [-0.05, 0) is 20.8 Å². The van der Waals surface area contributed by atoms with Crippen molar-refractivity contribution < 1.29 is 14.3 Å². The quantitative estimate of drug-likeness (QED) is 0.623. The molecule has 120 valence electrons. The highest BCUT2D eigenvalue weighted by Gasteiger charge is 2.20. The minimum Gasteiger partial charge on any atom is -0.380 e. The van der Waals surface area contributed by atoms with Gasteiger partial charge >= 0.3 is 0 Å². The molecule has 1 rings (SSSR count). The van der Waals surface area contributed by atoms with Crippen molar-refractivity contribution in [2.24, 2.45) is 0 Å². The number of ether oxygens (including phenoxy) is 2. The van der Waals surface area contributed by atoms with Gasteiger partial charge in [-0.2, -0.15) is 0 Å². The van der Waals surface area contributed by atoms with Crippen molar-refractivity contribution in [2.75, 3.05) is 51.4 Å². The molecule has 1 aromatic heterocycles. The molecule has 0 bridgehead atoms. The number of aromatic nitrogens is 2. The number of rotatable bonds is 11. The Morgan fingerprint density at radius 2 is 1.76 bits per heavy atom. The summed E-state index contributed by atoms with van der Waals surface area (Å²) in [5.74, 6) is -0.129. The van der Waals surface area contributed by atoms with E-state index in [0.29, 0.717) is 49.7 Å². The topological polar surface area (TPSA) is 76.6 Å². The van der Waals surface area contributed by atoms with Crippen LogP contribution in [0, 0.1) is 0 Å². The fourth-order valence-electron chi connectivity index (χ4n) is 1.62. The van der Waals surface area contributed by atoms with E-state index in [9.17, 15) is 4.79 Å². The standard InChI is InChI=1S/C13H24N4O3S/c1-4-14-13-16-15-11(21-13)12(18)17(7-9-19-5-2)8-10-20-6-3/h4-10H2,1-3H3,(H,14,16). The lowest BCUT2D eigenvalue weighted by atomic mass is 10.4. The smallest absolute Gasteiger partial charge is 0.285 e. The first-order valence-electron chi connectivity index (χ1n) is 7.25. The molecule has 1 amide bonds. The predicted molar refractivity (Wildman–Crippen MR) is 83.0 cm³/mol. The van der Waals surface area contributed by atoms with Crippen molar-refractivity contribution in [1.82, 2.24) is 15.1 Å². The maximum Gasteiger partial charge on any atom is 0.285 e. The molecule has 0 aliphatic carbocycles. The lowest BCUT2D eigenvalue weighted by molar-refractivity contribution is 0.0549.